The van der Waals surface area contributed by atoms with Gasteiger partial charge in [-0.25, -0.2) is 0 Å². The summed E-state index contributed by atoms with van der Waals surface area (Å²) in [7, 11) is 0. The molecule has 0 aromatic heterocycles. The topological polar surface area (TPSA) is 21.3 Å². The van der Waals surface area contributed by atoms with E-state index in [9.17, 15) is 0 Å². The molecule has 2 heteroatoms. The van der Waals surface area contributed by atoms with Crippen LogP contribution in [0.4, 0.5) is 0 Å². The molecule has 1 heterocycles. The second kappa shape index (κ2) is 6.89. The van der Waals surface area contributed by atoms with Crippen LogP contribution in [0.3, 0.4) is 0 Å². The summed E-state index contributed by atoms with van der Waals surface area (Å²) in [6, 6.07) is 0.454. The number of ether oxygens (including phenoxy) is 1. The van der Waals surface area contributed by atoms with Gasteiger partial charge in [0, 0.05) is 6.42 Å². The van der Waals surface area contributed by atoms with Gasteiger partial charge in [-0.05, 0) is 37.8 Å². The molecule has 0 aromatic rings. The van der Waals surface area contributed by atoms with Crippen molar-refractivity contribution in [2.24, 2.45) is 5.92 Å². The van der Waals surface area contributed by atoms with Crippen LogP contribution in [0.25, 0.3) is 0 Å². The van der Waals surface area contributed by atoms with Crippen LogP contribution < -0.4 is 5.32 Å². The molecule has 0 bridgehead atoms. The van der Waals surface area contributed by atoms with Gasteiger partial charge in [0.15, 0.2) is 0 Å². The Morgan fingerprint density at radius 2 is 2.20 bits per heavy atom. The Bertz CT molecular complexity index is 199. The van der Waals surface area contributed by atoms with Crippen molar-refractivity contribution in [1.82, 2.24) is 5.32 Å². The Morgan fingerprint density at radius 1 is 1.40 bits per heavy atom. The van der Waals surface area contributed by atoms with Gasteiger partial charge in [0.1, 0.15) is 5.76 Å². The minimum atomic E-state index is 0.454. The third kappa shape index (κ3) is 4.70. The van der Waals surface area contributed by atoms with Gasteiger partial charge in [0.25, 0.3) is 0 Å². The van der Waals surface area contributed by atoms with Gasteiger partial charge in [-0.1, -0.05) is 20.8 Å². The molecule has 1 aliphatic rings. The maximum absolute atomic E-state index is 5.64. The molecule has 15 heavy (non-hydrogen) atoms. The van der Waals surface area contributed by atoms with E-state index in [-0.39, 0.29) is 0 Å². The maximum atomic E-state index is 5.64. The van der Waals surface area contributed by atoms with Gasteiger partial charge >= 0.3 is 0 Å². The van der Waals surface area contributed by atoms with Crippen LogP contribution in [0.1, 0.15) is 46.5 Å². The quantitative estimate of drug-likeness (QED) is 0.698. The third-order valence-electron chi connectivity index (χ3n) is 2.75. The lowest BCUT2D eigenvalue weighted by atomic mass is 10.0. The van der Waals surface area contributed by atoms with E-state index < -0.39 is 0 Å². The first-order chi connectivity index (χ1) is 7.24. The molecule has 0 spiro atoms. The zero-order valence-electron chi connectivity index (χ0n) is 10.4. The van der Waals surface area contributed by atoms with Crippen molar-refractivity contribution in [2.45, 2.75) is 52.5 Å². The summed E-state index contributed by atoms with van der Waals surface area (Å²) < 4.78 is 5.64. The van der Waals surface area contributed by atoms with Gasteiger partial charge in [0.05, 0.1) is 12.6 Å². The lowest BCUT2D eigenvalue weighted by Crippen LogP contribution is -2.32. The summed E-state index contributed by atoms with van der Waals surface area (Å²) in [4.78, 5) is 0. The second-order valence-corrected chi connectivity index (χ2v) is 4.72. The van der Waals surface area contributed by atoms with Gasteiger partial charge in [0.2, 0.25) is 0 Å². The minimum Gasteiger partial charge on any atom is -0.496 e. The molecule has 1 N–H and O–H groups in total. The summed E-state index contributed by atoms with van der Waals surface area (Å²) in [5, 5.41) is 3.57. The Kier molecular flexibility index (Phi) is 5.77. The fourth-order valence-corrected chi connectivity index (χ4v) is 1.84. The van der Waals surface area contributed by atoms with Crippen LogP contribution in [0, 0.1) is 5.92 Å². The maximum Gasteiger partial charge on any atom is 0.109 e. The largest absolute Gasteiger partial charge is 0.496 e. The molecule has 0 saturated carbocycles. The molecule has 0 radical (unpaired) electrons. The van der Waals surface area contributed by atoms with Crippen LogP contribution >= 0.6 is 0 Å². The molecular weight excluding hydrogens is 186 g/mol. The second-order valence-electron chi connectivity index (χ2n) is 4.72. The van der Waals surface area contributed by atoms with Crippen LogP contribution in [0.15, 0.2) is 11.8 Å². The molecule has 1 atom stereocenters. The van der Waals surface area contributed by atoms with Crippen molar-refractivity contribution >= 4 is 0 Å². The molecule has 0 saturated heterocycles. The van der Waals surface area contributed by atoms with Crippen LogP contribution in [0.2, 0.25) is 0 Å². The van der Waals surface area contributed by atoms with Gasteiger partial charge in [-0.2, -0.15) is 0 Å². The summed E-state index contributed by atoms with van der Waals surface area (Å²) in [5.41, 5.74) is 0. The SMILES string of the molecule is CCCNC(CCC(C)C)C1=CCCO1. The molecule has 88 valence electrons. The molecular formula is C13H25NO. The number of nitrogens with one attached hydrogen (secondary N) is 1. The average Bonchev–Trinajstić information content (AvgIpc) is 2.71. The van der Waals surface area contributed by atoms with Gasteiger partial charge < -0.3 is 10.1 Å². The molecule has 0 amide bonds. The molecule has 1 rings (SSSR count). The number of rotatable bonds is 7. The lowest BCUT2D eigenvalue weighted by Gasteiger charge is -2.20. The molecule has 0 fully saturated rings. The van der Waals surface area contributed by atoms with Crippen molar-refractivity contribution in [2.75, 3.05) is 13.2 Å². The van der Waals surface area contributed by atoms with Crippen molar-refractivity contribution in [1.29, 1.82) is 0 Å². The zero-order valence-corrected chi connectivity index (χ0v) is 10.4. The smallest absolute Gasteiger partial charge is 0.109 e. The summed E-state index contributed by atoms with van der Waals surface area (Å²) in [5.74, 6) is 1.96. The van der Waals surface area contributed by atoms with E-state index in [1.54, 1.807) is 0 Å². The van der Waals surface area contributed by atoms with Crippen LogP contribution in [0.5, 0.6) is 0 Å². The standard InChI is InChI=1S/C13H25NO/c1-4-9-14-12(8-7-11(2)3)13-6-5-10-15-13/h6,11-12,14H,4-5,7-10H2,1-3H3. The molecule has 2 nitrogen and oxygen atoms in total. The highest BCUT2D eigenvalue weighted by molar-refractivity contribution is 5.07. The van der Waals surface area contributed by atoms with Gasteiger partial charge in [-0.3, -0.25) is 0 Å². The first kappa shape index (κ1) is 12.6. The molecule has 1 aliphatic heterocycles. The van der Waals surface area contributed by atoms with Crippen molar-refractivity contribution in [3.63, 3.8) is 0 Å². The summed E-state index contributed by atoms with van der Waals surface area (Å²) in [6.45, 7) is 8.72. The van der Waals surface area contributed by atoms with E-state index in [2.05, 4.69) is 32.2 Å². The van der Waals surface area contributed by atoms with Gasteiger partial charge in [-0.15, -0.1) is 0 Å². The van der Waals surface area contributed by atoms with E-state index in [4.69, 9.17) is 4.74 Å². The summed E-state index contributed by atoms with van der Waals surface area (Å²) in [6.07, 6.45) is 6.98. The Balaban J connectivity index is 2.37. The Hall–Kier alpha value is -0.500. The Labute approximate surface area is 94.1 Å². The third-order valence-corrected chi connectivity index (χ3v) is 2.75. The molecule has 0 aliphatic carbocycles. The zero-order chi connectivity index (χ0) is 11.1. The number of hydrogen-bond donors (Lipinski definition) is 1. The van der Waals surface area contributed by atoms with E-state index in [1.807, 2.05) is 0 Å². The molecule has 0 aromatic carbocycles. The predicted octanol–water partition coefficient (Wildman–Crippen LogP) is 3.10. The first-order valence-electron chi connectivity index (χ1n) is 6.30. The van der Waals surface area contributed by atoms with Crippen LogP contribution in [-0.4, -0.2) is 19.2 Å². The lowest BCUT2D eigenvalue weighted by molar-refractivity contribution is 0.209. The normalized spacial score (nSPS) is 17.7. The summed E-state index contributed by atoms with van der Waals surface area (Å²) >= 11 is 0. The average molecular weight is 211 g/mol. The van der Waals surface area contributed by atoms with Crippen molar-refractivity contribution in [3.05, 3.63) is 11.8 Å². The Morgan fingerprint density at radius 3 is 2.73 bits per heavy atom. The molecule has 1 unspecified atom stereocenters. The fourth-order valence-electron chi connectivity index (χ4n) is 1.84. The number of hydrogen-bond acceptors (Lipinski definition) is 2. The van der Waals surface area contributed by atoms with Crippen molar-refractivity contribution in [3.8, 4) is 0 Å². The van der Waals surface area contributed by atoms with E-state index in [0.717, 1.165) is 25.5 Å². The first-order valence-corrected chi connectivity index (χ1v) is 6.30. The van der Waals surface area contributed by atoms with Crippen LogP contribution in [-0.2, 0) is 4.74 Å². The highest BCUT2D eigenvalue weighted by Gasteiger charge is 2.17. The minimum absolute atomic E-state index is 0.454. The van der Waals surface area contributed by atoms with Crippen molar-refractivity contribution < 1.29 is 4.74 Å². The van der Waals surface area contributed by atoms with E-state index in [0.29, 0.717) is 6.04 Å². The highest BCUT2D eigenvalue weighted by Crippen LogP contribution is 2.19. The highest BCUT2D eigenvalue weighted by atomic mass is 16.5. The predicted molar refractivity (Wildman–Crippen MR) is 64.8 cm³/mol. The van der Waals surface area contributed by atoms with E-state index >= 15 is 0 Å². The monoisotopic (exact) mass is 211 g/mol. The van der Waals surface area contributed by atoms with E-state index in [1.165, 1.54) is 25.0 Å². The fraction of sp³-hybridized carbons (Fsp3) is 0.846.